The lowest BCUT2D eigenvalue weighted by Crippen LogP contribution is -2.51. The minimum Gasteiger partial charge on any atom is -0.372 e. The molecule has 1 rings (SSSR count). The van der Waals surface area contributed by atoms with E-state index in [4.69, 9.17) is 0 Å². The largest absolute Gasteiger partial charge is 0.372 e. The first kappa shape index (κ1) is 8.59. The molecule has 0 aromatic rings. The van der Waals surface area contributed by atoms with Crippen LogP contribution in [0.2, 0.25) is 0 Å². The van der Waals surface area contributed by atoms with Gasteiger partial charge in [0, 0.05) is 13.0 Å². The molecule has 4 heteroatoms. The third-order valence-electron chi connectivity index (χ3n) is 2.21. The number of alkyl halides is 2. The van der Waals surface area contributed by atoms with Crippen LogP contribution in [0.15, 0.2) is 0 Å². The van der Waals surface area contributed by atoms with Gasteiger partial charge >= 0.3 is 0 Å². The topological polar surface area (TPSA) is 26.3 Å². The van der Waals surface area contributed by atoms with Crippen molar-refractivity contribution in [2.75, 3.05) is 7.11 Å². The molecule has 0 saturated heterocycles. The molecule has 0 bridgehead atoms. The van der Waals surface area contributed by atoms with Gasteiger partial charge in [-0.25, -0.2) is 8.78 Å². The van der Waals surface area contributed by atoms with E-state index in [0.29, 0.717) is 6.29 Å². The summed E-state index contributed by atoms with van der Waals surface area (Å²) in [5.74, 6) is -0.232. The monoisotopic (exact) mass is 164 g/mol. The molecule has 0 heterocycles. The van der Waals surface area contributed by atoms with E-state index in [9.17, 15) is 13.6 Å². The minimum absolute atomic E-state index is 0.157. The van der Waals surface area contributed by atoms with Crippen LogP contribution in [-0.2, 0) is 9.53 Å². The summed E-state index contributed by atoms with van der Waals surface area (Å²) >= 11 is 0. The second-order valence-corrected chi connectivity index (χ2v) is 2.87. The predicted molar refractivity (Wildman–Crippen MR) is 34.5 cm³/mol. The van der Waals surface area contributed by atoms with Gasteiger partial charge in [-0.05, 0) is 12.8 Å². The van der Waals surface area contributed by atoms with Crippen molar-refractivity contribution in [1.29, 1.82) is 0 Å². The van der Waals surface area contributed by atoms with Gasteiger partial charge in [-0.2, -0.15) is 0 Å². The van der Waals surface area contributed by atoms with Crippen molar-refractivity contribution >= 4 is 6.29 Å². The lowest BCUT2D eigenvalue weighted by Gasteiger charge is -2.43. The van der Waals surface area contributed by atoms with Gasteiger partial charge in [-0.1, -0.05) is 0 Å². The average molecular weight is 164 g/mol. The van der Waals surface area contributed by atoms with Gasteiger partial charge < -0.3 is 9.53 Å². The van der Waals surface area contributed by atoms with Gasteiger partial charge in [0.1, 0.15) is 11.9 Å². The van der Waals surface area contributed by atoms with Crippen molar-refractivity contribution in [2.24, 2.45) is 5.92 Å². The van der Waals surface area contributed by atoms with Crippen LogP contribution in [0, 0.1) is 5.92 Å². The molecular formula is C7H10F2O2. The average Bonchev–Trinajstić information content (AvgIpc) is 1.86. The summed E-state index contributed by atoms with van der Waals surface area (Å²) in [4.78, 5) is 10.1. The number of methoxy groups -OCH3 is 1. The zero-order valence-electron chi connectivity index (χ0n) is 6.22. The number of ether oxygens (including phenoxy) is 1. The molecule has 0 amide bonds. The fourth-order valence-electron chi connectivity index (χ4n) is 1.36. The lowest BCUT2D eigenvalue weighted by molar-refractivity contribution is -0.186. The molecule has 11 heavy (non-hydrogen) atoms. The standard InChI is InChI=1S/C7H10F2O2/c1-11-7(6(8)9)2-5(3-7)4-10/h4-6H,2-3H2,1H3. The smallest absolute Gasteiger partial charge is 0.267 e. The molecule has 1 saturated carbocycles. The minimum atomic E-state index is -2.48. The van der Waals surface area contributed by atoms with Crippen LogP contribution in [0.1, 0.15) is 12.8 Å². The maximum absolute atomic E-state index is 12.2. The quantitative estimate of drug-likeness (QED) is 0.587. The van der Waals surface area contributed by atoms with Crippen LogP contribution in [-0.4, -0.2) is 25.4 Å². The molecule has 1 aliphatic carbocycles. The normalized spacial score (nSPS) is 36.9. The highest BCUT2D eigenvalue weighted by Crippen LogP contribution is 2.43. The molecule has 64 valence electrons. The van der Waals surface area contributed by atoms with E-state index in [1.54, 1.807) is 0 Å². The summed E-state index contributed by atoms with van der Waals surface area (Å²) in [6.45, 7) is 0. The molecule has 0 atom stereocenters. The first-order valence-corrected chi connectivity index (χ1v) is 3.43. The van der Waals surface area contributed by atoms with Gasteiger partial charge in [0.15, 0.2) is 0 Å². The third kappa shape index (κ3) is 1.27. The first-order valence-electron chi connectivity index (χ1n) is 3.43. The van der Waals surface area contributed by atoms with E-state index in [1.807, 2.05) is 0 Å². The SMILES string of the molecule is COC1(C(F)F)CC(C=O)C1. The summed E-state index contributed by atoms with van der Waals surface area (Å²) in [6.07, 6.45) is -1.46. The lowest BCUT2D eigenvalue weighted by atomic mass is 9.71. The third-order valence-corrected chi connectivity index (χ3v) is 2.21. The molecule has 0 N–H and O–H groups in total. The molecule has 0 aromatic carbocycles. The zero-order chi connectivity index (χ0) is 8.48. The van der Waals surface area contributed by atoms with Gasteiger partial charge in [0.05, 0.1) is 0 Å². The molecule has 1 fully saturated rings. The van der Waals surface area contributed by atoms with Gasteiger partial charge in [0.2, 0.25) is 0 Å². The Kier molecular flexibility index (Phi) is 2.23. The fraction of sp³-hybridized carbons (Fsp3) is 0.857. The molecule has 0 radical (unpaired) electrons. The Morgan fingerprint density at radius 2 is 2.18 bits per heavy atom. The van der Waals surface area contributed by atoms with Crippen LogP contribution < -0.4 is 0 Å². The second kappa shape index (κ2) is 2.85. The number of rotatable bonds is 3. The van der Waals surface area contributed by atoms with Gasteiger partial charge in [-0.15, -0.1) is 0 Å². The van der Waals surface area contributed by atoms with Crippen LogP contribution in [0.25, 0.3) is 0 Å². The Morgan fingerprint density at radius 3 is 2.45 bits per heavy atom. The highest BCUT2D eigenvalue weighted by molar-refractivity contribution is 5.56. The number of carbonyl (C=O) groups excluding carboxylic acids is 1. The number of carbonyl (C=O) groups is 1. The van der Waals surface area contributed by atoms with Gasteiger partial charge in [0.25, 0.3) is 6.43 Å². The number of hydrogen-bond acceptors (Lipinski definition) is 2. The Hall–Kier alpha value is -0.510. The molecule has 0 aliphatic heterocycles. The highest BCUT2D eigenvalue weighted by Gasteiger charge is 2.51. The van der Waals surface area contributed by atoms with E-state index in [2.05, 4.69) is 4.74 Å². The van der Waals surface area contributed by atoms with Crippen LogP contribution in [0.4, 0.5) is 8.78 Å². The van der Waals surface area contributed by atoms with E-state index < -0.39 is 12.0 Å². The summed E-state index contributed by atoms with van der Waals surface area (Å²) < 4.78 is 29.1. The van der Waals surface area contributed by atoms with E-state index in [1.165, 1.54) is 7.11 Å². The van der Waals surface area contributed by atoms with Crippen molar-refractivity contribution in [2.45, 2.75) is 24.9 Å². The number of hydrogen-bond donors (Lipinski definition) is 0. The second-order valence-electron chi connectivity index (χ2n) is 2.87. The fourth-order valence-corrected chi connectivity index (χ4v) is 1.36. The Labute approximate surface area is 63.5 Å². The molecule has 0 unspecified atom stereocenters. The molecule has 2 nitrogen and oxygen atoms in total. The summed E-state index contributed by atoms with van der Waals surface area (Å²) in [7, 11) is 1.26. The highest BCUT2D eigenvalue weighted by atomic mass is 19.3. The van der Waals surface area contributed by atoms with Crippen LogP contribution in [0.5, 0.6) is 0 Å². The number of aldehydes is 1. The molecular weight excluding hydrogens is 154 g/mol. The van der Waals surface area contributed by atoms with Crippen molar-refractivity contribution in [3.8, 4) is 0 Å². The summed E-state index contributed by atoms with van der Waals surface area (Å²) in [5.41, 5.74) is -1.33. The molecule has 0 aromatic heterocycles. The maximum Gasteiger partial charge on any atom is 0.267 e. The molecule has 0 spiro atoms. The Morgan fingerprint density at radius 1 is 1.64 bits per heavy atom. The van der Waals surface area contributed by atoms with E-state index in [0.717, 1.165) is 0 Å². The van der Waals surface area contributed by atoms with Crippen molar-refractivity contribution < 1.29 is 18.3 Å². The summed E-state index contributed by atoms with van der Waals surface area (Å²) in [5, 5.41) is 0. The Bertz CT molecular complexity index is 153. The summed E-state index contributed by atoms with van der Waals surface area (Å²) in [6, 6.07) is 0. The Balaban J connectivity index is 2.49. The predicted octanol–water partition coefficient (Wildman–Crippen LogP) is 1.25. The maximum atomic E-state index is 12.2. The van der Waals surface area contributed by atoms with Crippen molar-refractivity contribution in [3.05, 3.63) is 0 Å². The molecule has 1 aliphatic rings. The van der Waals surface area contributed by atoms with E-state index >= 15 is 0 Å². The first-order chi connectivity index (χ1) is 5.14. The van der Waals surface area contributed by atoms with Gasteiger partial charge in [-0.3, -0.25) is 0 Å². The van der Waals surface area contributed by atoms with Crippen molar-refractivity contribution in [3.63, 3.8) is 0 Å². The van der Waals surface area contributed by atoms with Crippen LogP contribution in [0.3, 0.4) is 0 Å². The zero-order valence-corrected chi connectivity index (χ0v) is 6.22. The van der Waals surface area contributed by atoms with Crippen LogP contribution >= 0.6 is 0 Å². The van der Waals surface area contributed by atoms with Crippen molar-refractivity contribution in [1.82, 2.24) is 0 Å². The van der Waals surface area contributed by atoms with E-state index in [-0.39, 0.29) is 18.8 Å². The number of halogens is 2.